The quantitative estimate of drug-likeness (QED) is 0.228. The van der Waals surface area contributed by atoms with Crippen LogP contribution in [-0.4, -0.2) is 30.4 Å². The Morgan fingerprint density at radius 2 is 1.88 bits per heavy atom. The van der Waals surface area contributed by atoms with E-state index in [0.717, 1.165) is 0 Å². The molecule has 0 fully saturated rings. The largest absolute Gasteiger partial charge is 0.454 e. The summed E-state index contributed by atoms with van der Waals surface area (Å²) in [7, 11) is 0. The van der Waals surface area contributed by atoms with Crippen molar-refractivity contribution in [2.45, 2.75) is 13.1 Å². The average Bonchev–Trinajstić information content (AvgIpc) is 3.45. The molecule has 0 unspecified atom stereocenters. The number of furan rings is 1. The number of benzene rings is 1. The Morgan fingerprint density at radius 3 is 2.58 bits per heavy atom. The van der Waals surface area contributed by atoms with E-state index in [1.54, 1.807) is 18.3 Å². The summed E-state index contributed by atoms with van der Waals surface area (Å²) in [4.78, 5) is 22.9. The van der Waals surface area contributed by atoms with Crippen molar-refractivity contribution in [3.05, 3.63) is 89.7 Å². The number of halogens is 4. The number of anilines is 1. The third kappa shape index (κ3) is 5.15. The number of amides is 1. The smallest absolute Gasteiger partial charge is 0.404 e. The second kappa shape index (κ2) is 9.45. The fraction of sp³-hybridized carbons (Fsp3) is 0.105. The molecule has 1 N–H and O–H groups in total. The van der Waals surface area contributed by atoms with Gasteiger partial charge >= 0.3 is 5.82 Å². The second-order valence-corrected chi connectivity index (χ2v) is 8.81. The van der Waals surface area contributed by atoms with Crippen LogP contribution in [0.25, 0.3) is 0 Å². The summed E-state index contributed by atoms with van der Waals surface area (Å²) in [6.07, 6.45) is 3.01. The Balaban J connectivity index is 1.44. The molecule has 33 heavy (non-hydrogen) atoms. The van der Waals surface area contributed by atoms with Crippen molar-refractivity contribution in [2.75, 3.05) is 5.32 Å². The number of nitrogens with zero attached hydrogens (tertiary/aromatic N) is 5. The molecule has 4 rings (SSSR count). The molecule has 3 heterocycles. The van der Waals surface area contributed by atoms with Crippen molar-refractivity contribution in [2.24, 2.45) is 0 Å². The highest BCUT2D eigenvalue weighted by atomic mass is 79.9. The van der Waals surface area contributed by atoms with E-state index >= 15 is 0 Å². The van der Waals surface area contributed by atoms with Crippen LogP contribution in [0.15, 0.2) is 56.1 Å². The van der Waals surface area contributed by atoms with Crippen molar-refractivity contribution in [3.63, 3.8) is 0 Å². The summed E-state index contributed by atoms with van der Waals surface area (Å²) in [6.45, 7) is 0.151. The van der Waals surface area contributed by atoms with Gasteiger partial charge in [0.15, 0.2) is 11.6 Å². The van der Waals surface area contributed by atoms with E-state index in [4.69, 9.17) is 16.0 Å². The Labute approximate surface area is 206 Å². The first-order valence-electron chi connectivity index (χ1n) is 9.14. The Bertz CT molecular complexity index is 1350. The van der Waals surface area contributed by atoms with Crippen molar-refractivity contribution < 1.29 is 18.5 Å². The lowest BCUT2D eigenvalue weighted by Crippen LogP contribution is -2.12. The minimum Gasteiger partial charge on any atom is -0.454 e. The van der Waals surface area contributed by atoms with Crippen LogP contribution < -0.4 is 5.32 Å². The summed E-state index contributed by atoms with van der Waals surface area (Å²) >= 11 is 12.4. The van der Waals surface area contributed by atoms with Crippen LogP contribution in [-0.2, 0) is 13.1 Å². The molecule has 170 valence electrons. The zero-order valence-corrected chi connectivity index (χ0v) is 20.3. The van der Waals surface area contributed by atoms with Gasteiger partial charge in [0, 0.05) is 16.8 Å². The minimum atomic E-state index is -0.612. The van der Waals surface area contributed by atoms with Crippen LogP contribution in [0, 0.1) is 15.9 Å². The maximum atomic E-state index is 14.0. The lowest BCUT2D eigenvalue weighted by molar-refractivity contribution is -0.390. The molecule has 0 saturated carbocycles. The van der Waals surface area contributed by atoms with Crippen molar-refractivity contribution in [1.82, 2.24) is 19.6 Å². The Morgan fingerprint density at radius 1 is 1.15 bits per heavy atom. The number of carbonyl (C=O) groups is 1. The van der Waals surface area contributed by atoms with Crippen LogP contribution in [0.2, 0.25) is 5.02 Å². The van der Waals surface area contributed by atoms with Gasteiger partial charge in [0.2, 0.25) is 0 Å². The number of rotatable bonds is 7. The van der Waals surface area contributed by atoms with Gasteiger partial charge in [0.1, 0.15) is 22.6 Å². The second-order valence-electron chi connectivity index (χ2n) is 6.70. The zero-order chi connectivity index (χ0) is 23.7. The maximum absolute atomic E-state index is 14.0. The van der Waals surface area contributed by atoms with Gasteiger partial charge in [-0.3, -0.25) is 9.48 Å². The summed E-state index contributed by atoms with van der Waals surface area (Å²) in [5, 5.41) is 21.9. The summed E-state index contributed by atoms with van der Waals surface area (Å²) in [5.74, 6) is -0.775. The van der Waals surface area contributed by atoms with E-state index in [1.807, 2.05) is 0 Å². The monoisotopic (exact) mass is 600 g/mol. The highest BCUT2D eigenvalue weighted by Gasteiger charge is 2.21. The lowest BCUT2D eigenvalue weighted by atomic mass is 10.2. The Kier molecular flexibility index (Phi) is 6.63. The first-order valence-corrected chi connectivity index (χ1v) is 11.1. The molecule has 0 radical (unpaired) electrons. The fourth-order valence-electron chi connectivity index (χ4n) is 2.91. The molecule has 10 nitrogen and oxygen atoms in total. The first-order chi connectivity index (χ1) is 15.7. The number of hydrogen-bond donors (Lipinski definition) is 1. The molecule has 0 saturated heterocycles. The van der Waals surface area contributed by atoms with Crippen LogP contribution in [0.1, 0.15) is 21.9 Å². The predicted molar refractivity (Wildman–Crippen MR) is 123 cm³/mol. The molecule has 1 aromatic carbocycles. The number of hydrogen-bond acceptors (Lipinski definition) is 6. The third-order valence-electron chi connectivity index (χ3n) is 4.41. The van der Waals surface area contributed by atoms with Gasteiger partial charge in [-0.15, -0.1) is 0 Å². The number of nitrogens with one attached hydrogen (secondary N) is 1. The van der Waals surface area contributed by atoms with Gasteiger partial charge in [0.05, 0.1) is 22.3 Å². The van der Waals surface area contributed by atoms with E-state index < -0.39 is 16.6 Å². The SMILES string of the molecule is O=C(Nc1nn(Cc2c(F)cccc2Cl)cc1Br)c1ccc(Cn2cc(Br)c([N+](=O)[O-])n2)o1. The van der Waals surface area contributed by atoms with Gasteiger partial charge in [-0.25, -0.2) is 4.39 Å². The van der Waals surface area contributed by atoms with E-state index in [1.165, 1.54) is 33.8 Å². The molecule has 14 heteroatoms. The maximum Gasteiger partial charge on any atom is 0.404 e. The molecule has 0 bridgehead atoms. The summed E-state index contributed by atoms with van der Waals surface area (Å²) in [5.41, 5.74) is 0.271. The normalized spacial score (nSPS) is 11.0. The lowest BCUT2D eigenvalue weighted by Gasteiger charge is -2.05. The van der Waals surface area contributed by atoms with E-state index in [0.29, 0.717) is 10.2 Å². The van der Waals surface area contributed by atoms with Crippen LogP contribution >= 0.6 is 43.5 Å². The summed E-state index contributed by atoms with van der Waals surface area (Å²) < 4.78 is 23.0. The van der Waals surface area contributed by atoms with E-state index in [-0.39, 0.29) is 45.5 Å². The molecule has 0 atom stereocenters. The Hall–Kier alpha value is -3.03. The van der Waals surface area contributed by atoms with Gasteiger partial charge in [-0.2, -0.15) is 9.78 Å². The molecule has 0 spiro atoms. The molecule has 1 amide bonds. The van der Waals surface area contributed by atoms with Crippen LogP contribution in [0.4, 0.5) is 16.0 Å². The van der Waals surface area contributed by atoms with Gasteiger partial charge in [-0.1, -0.05) is 17.7 Å². The van der Waals surface area contributed by atoms with E-state index in [2.05, 4.69) is 47.4 Å². The van der Waals surface area contributed by atoms with Crippen molar-refractivity contribution in [1.29, 1.82) is 0 Å². The predicted octanol–water partition coefficient (Wildman–Crippen LogP) is 5.25. The topological polar surface area (TPSA) is 121 Å². The number of aromatic nitrogens is 4. The fourth-order valence-corrected chi connectivity index (χ4v) is 4.01. The number of nitro groups is 1. The highest BCUT2D eigenvalue weighted by molar-refractivity contribution is 9.11. The third-order valence-corrected chi connectivity index (χ3v) is 5.90. The molecule has 0 aliphatic rings. The molecular weight excluding hydrogens is 591 g/mol. The average molecular weight is 603 g/mol. The zero-order valence-electron chi connectivity index (χ0n) is 16.3. The molecule has 0 aliphatic carbocycles. The number of carbonyl (C=O) groups excluding carboxylic acids is 1. The van der Waals surface area contributed by atoms with Crippen molar-refractivity contribution in [3.8, 4) is 0 Å². The summed E-state index contributed by atoms with van der Waals surface area (Å²) in [6, 6.07) is 7.41. The standard InChI is InChI=1S/C19H12Br2ClFN6O4/c20-12-8-28(7-11-14(22)2-1-3-15(11)23)25-17(12)24-19(30)16-5-4-10(33-16)6-27-9-13(21)18(26-27)29(31)32/h1-5,8-9H,6-7H2,(H,24,25,30). The molecular formula is C19H12Br2ClFN6O4. The minimum absolute atomic E-state index is 0.00400. The van der Waals surface area contributed by atoms with Crippen LogP contribution in [0.5, 0.6) is 0 Å². The molecule has 4 aromatic rings. The van der Waals surface area contributed by atoms with Gasteiger partial charge in [-0.05, 0) is 61.0 Å². The molecule has 3 aromatic heterocycles. The first kappa shape index (κ1) is 23.1. The van der Waals surface area contributed by atoms with Crippen LogP contribution in [0.3, 0.4) is 0 Å². The van der Waals surface area contributed by atoms with Gasteiger partial charge < -0.3 is 19.8 Å². The highest BCUT2D eigenvalue weighted by Crippen LogP contribution is 2.25. The van der Waals surface area contributed by atoms with E-state index in [9.17, 15) is 19.3 Å². The van der Waals surface area contributed by atoms with Crippen molar-refractivity contribution >= 4 is 61.0 Å². The van der Waals surface area contributed by atoms with Gasteiger partial charge in [0.25, 0.3) is 5.91 Å². The molecule has 0 aliphatic heterocycles.